The summed E-state index contributed by atoms with van der Waals surface area (Å²) in [7, 11) is 0. The van der Waals surface area contributed by atoms with Crippen LogP contribution >= 0.6 is 38.9 Å². The summed E-state index contributed by atoms with van der Waals surface area (Å²) in [6, 6.07) is 3.52. The molecule has 0 fully saturated rings. The Morgan fingerprint density at radius 3 is 2.79 bits per heavy atom. The second kappa shape index (κ2) is 5.73. The quantitative estimate of drug-likeness (QED) is 0.781. The van der Waals surface area contributed by atoms with E-state index in [0.717, 1.165) is 18.4 Å². The van der Waals surface area contributed by atoms with Gasteiger partial charge in [-0.3, -0.25) is 4.79 Å². The summed E-state index contributed by atoms with van der Waals surface area (Å²) in [5, 5.41) is 0.797. The highest BCUT2D eigenvalue weighted by Gasteiger charge is 2.14. The van der Waals surface area contributed by atoms with Gasteiger partial charge in [0.1, 0.15) is 0 Å². The van der Waals surface area contributed by atoms with E-state index in [2.05, 4.69) is 15.9 Å². The summed E-state index contributed by atoms with van der Waals surface area (Å²) in [6.07, 6.45) is 0. The molecule has 0 N–H and O–H groups in total. The smallest absolute Gasteiger partial charge is 0.263 e. The molecule has 5 heteroatoms. The Kier molecular flexibility index (Phi) is 4.92. The molecule has 1 heterocycles. The molecule has 0 aromatic carbocycles. The van der Waals surface area contributed by atoms with Crippen LogP contribution < -0.4 is 0 Å². The van der Waals surface area contributed by atoms with Gasteiger partial charge < -0.3 is 4.90 Å². The predicted octanol–water partition coefficient (Wildman–Crippen LogP) is 3.26. The number of hydrogen-bond acceptors (Lipinski definition) is 2. The molecule has 0 aliphatic heterocycles. The highest BCUT2D eigenvalue weighted by Crippen LogP contribution is 2.22. The van der Waals surface area contributed by atoms with Crippen LogP contribution in [0.15, 0.2) is 12.1 Å². The maximum atomic E-state index is 11.8. The first-order valence-corrected chi connectivity index (χ1v) is 6.61. The Morgan fingerprint density at radius 2 is 2.36 bits per heavy atom. The minimum absolute atomic E-state index is 0.0591. The number of alkyl halides is 1. The van der Waals surface area contributed by atoms with Crippen LogP contribution in [0.5, 0.6) is 0 Å². The number of nitrogens with zero attached hydrogens (tertiary/aromatic N) is 1. The van der Waals surface area contributed by atoms with Crippen molar-refractivity contribution in [2.75, 3.05) is 18.4 Å². The van der Waals surface area contributed by atoms with E-state index in [-0.39, 0.29) is 5.91 Å². The van der Waals surface area contributed by atoms with Crippen molar-refractivity contribution in [1.29, 1.82) is 0 Å². The van der Waals surface area contributed by atoms with E-state index in [4.69, 9.17) is 11.6 Å². The zero-order valence-electron chi connectivity index (χ0n) is 7.80. The van der Waals surface area contributed by atoms with E-state index in [9.17, 15) is 4.79 Å². The molecule has 0 bridgehead atoms. The summed E-state index contributed by atoms with van der Waals surface area (Å²) < 4.78 is 0.656. The number of carbonyl (C=O) groups is 1. The molecule has 2 nitrogen and oxygen atoms in total. The average molecular weight is 297 g/mol. The van der Waals surface area contributed by atoms with Crippen molar-refractivity contribution in [1.82, 2.24) is 4.90 Å². The molecule has 0 saturated heterocycles. The third-order valence-corrected chi connectivity index (χ3v) is 3.38. The second-order valence-electron chi connectivity index (χ2n) is 2.68. The minimum atomic E-state index is 0.0591. The number of halogens is 2. The van der Waals surface area contributed by atoms with Crippen molar-refractivity contribution in [3.63, 3.8) is 0 Å². The SMILES string of the molecule is CCN(CCBr)C(=O)c1ccc(Cl)s1. The number of carbonyl (C=O) groups excluding carboxylic acids is 1. The molecule has 0 atom stereocenters. The molecule has 0 aliphatic rings. The lowest BCUT2D eigenvalue weighted by Crippen LogP contribution is -2.31. The van der Waals surface area contributed by atoms with E-state index < -0.39 is 0 Å². The highest BCUT2D eigenvalue weighted by molar-refractivity contribution is 9.09. The topological polar surface area (TPSA) is 20.3 Å². The van der Waals surface area contributed by atoms with Gasteiger partial charge in [-0.1, -0.05) is 27.5 Å². The van der Waals surface area contributed by atoms with E-state index in [1.54, 1.807) is 17.0 Å². The molecule has 1 aromatic rings. The third kappa shape index (κ3) is 2.97. The van der Waals surface area contributed by atoms with Gasteiger partial charge in [-0.05, 0) is 19.1 Å². The van der Waals surface area contributed by atoms with Gasteiger partial charge in [0.05, 0.1) is 9.21 Å². The minimum Gasteiger partial charge on any atom is -0.337 e. The molecule has 1 aromatic heterocycles. The first-order chi connectivity index (χ1) is 6.69. The van der Waals surface area contributed by atoms with Gasteiger partial charge >= 0.3 is 0 Å². The van der Waals surface area contributed by atoms with Crippen molar-refractivity contribution in [3.05, 3.63) is 21.3 Å². The second-order valence-corrected chi connectivity index (χ2v) is 5.19. The van der Waals surface area contributed by atoms with Gasteiger partial charge in [-0.25, -0.2) is 0 Å². The van der Waals surface area contributed by atoms with Crippen LogP contribution in [0.2, 0.25) is 4.34 Å². The van der Waals surface area contributed by atoms with Crippen LogP contribution in [0.4, 0.5) is 0 Å². The number of amides is 1. The maximum absolute atomic E-state index is 11.8. The summed E-state index contributed by atoms with van der Waals surface area (Å²) in [5.41, 5.74) is 0. The summed E-state index contributed by atoms with van der Waals surface area (Å²) in [5.74, 6) is 0.0591. The molecule has 1 amide bonds. The van der Waals surface area contributed by atoms with Gasteiger partial charge in [0.2, 0.25) is 0 Å². The monoisotopic (exact) mass is 295 g/mol. The van der Waals surface area contributed by atoms with Gasteiger partial charge in [0.15, 0.2) is 0 Å². The van der Waals surface area contributed by atoms with Crippen molar-refractivity contribution < 1.29 is 4.79 Å². The molecular weight excluding hydrogens is 286 g/mol. The standard InChI is InChI=1S/C9H11BrClNOS/c1-2-12(6-5-10)9(13)7-3-4-8(11)14-7/h3-4H,2,5-6H2,1H3. The van der Waals surface area contributed by atoms with Gasteiger partial charge in [0.25, 0.3) is 5.91 Å². The van der Waals surface area contributed by atoms with Gasteiger partial charge in [-0.15, -0.1) is 11.3 Å². The van der Waals surface area contributed by atoms with Crippen LogP contribution in [0, 0.1) is 0 Å². The van der Waals surface area contributed by atoms with Crippen molar-refractivity contribution in [2.45, 2.75) is 6.92 Å². The summed E-state index contributed by atoms with van der Waals surface area (Å²) in [4.78, 5) is 14.3. The van der Waals surface area contributed by atoms with E-state index in [0.29, 0.717) is 9.21 Å². The fourth-order valence-electron chi connectivity index (χ4n) is 1.09. The van der Waals surface area contributed by atoms with Crippen LogP contribution in [0.3, 0.4) is 0 Å². The van der Waals surface area contributed by atoms with Crippen LogP contribution in [0.25, 0.3) is 0 Å². The summed E-state index contributed by atoms with van der Waals surface area (Å²) in [6.45, 7) is 3.42. The number of thiophene rings is 1. The molecule has 14 heavy (non-hydrogen) atoms. The van der Waals surface area contributed by atoms with Gasteiger partial charge in [-0.2, -0.15) is 0 Å². The fraction of sp³-hybridized carbons (Fsp3) is 0.444. The van der Waals surface area contributed by atoms with E-state index in [1.807, 2.05) is 6.92 Å². The average Bonchev–Trinajstić information content (AvgIpc) is 2.60. The van der Waals surface area contributed by atoms with Gasteiger partial charge in [0, 0.05) is 18.4 Å². The molecular formula is C9H11BrClNOS. The van der Waals surface area contributed by atoms with Crippen LogP contribution in [-0.4, -0.2) is 29.2 Å². The summed E-state index contributed by atoms with van der Waals surface area (Å²) >= 11 is 10.4. The molecule has 0 spiro atoms. The van der Waals surface area contributed by atoms with E-state index in [1.165, 1.54) is 11.3 Å². The number of hydrogen-bond donors (Lipinski definition) is 0. The first kappa shape index (κ1) is 12.0. The van der Waals surface area contributed by atoms with Crippen molar-refractivity contribution in [3.8, 4) is 0 Å². The lowest BCUT2D eigenvalue weighted by molar-refractivity contribution is 0.0780. The van der Waals surface area contributed by atoms with Crippen LogP contribution in [0.1, 0.15) is 16.6 Å². The molecule has 0 aliphatic carbocycles. The lowest BCUT2D eigenvalue weighted by Gasteiger charge is -2.18. The Bertz CT molecular complexity index is 316. The molecule has 0 unspecified atom stereocenters. The third-order valence-electron chi connectivity index (χ3n) is 1.81. The zero-order valence-corrected chi connectivity index (χ0v) is 11.0. The van der Waals surface area contributed by atoms with E-state index >= 15 is 0 Å². The molecule has 0 saturated carbocycles. The Hall–Kier alpha value is -0.0600. The first-order valence-electron chi connectivity index (χ1n) is 4.29. The molecule has 0 radical (unpaired) electrons. The Balaban J connectivity index is 2.72. The Labute approximate surface area is 101 Å². The van der Waals surface area contributed by atoms with Crippen molar-refractivity contribution in [2.24, 2.45) is 0 Å². The molecule has 78 valence electrons. The lowest BCUT2D eigenvalue weighted by atomic mass is 10.4. The maximum Gasteiger partial charge on any atom is 0.263 e. The fourth-order valence-corrected chi connectivity index (χ4v) is 2.53. The predicted molar refractivity (Wildman–Crippen MR) is 64.7 cm³/mol. The molecule has 1 rings (SSSR count). The zero-order chi connectivity index (χ0) is 10.6. The number of rotatable bonds is 4. The van der Waals surface area contributed by atoms with Crippen LogP contribution in [-0.2, 0) is 0 Å². The largest absolute Gasteiger partial charge is 0.337 e. The Morgan fingerprint density at radius 1 is 1.64 bits per heavy atom. The normalized spacial score (nSPS) is 10.2. The highest BCUT2D eigenvalue weighted by atomic mass is 79.9. The van der Waals surface area contributed by atoms with Crippen molar-refractivity contribution >= 4 is 44.8 Å².